The molecule has 3 heterocycles. The highest BCUT2D eigenvalue weighted by Crippen LogP contribution is 2.40. The largest absolute Gasteiger partial charge is 0.412 e. The number of rotatable bonds is 4. The molecule has 1 fully saturated rings. The highest BCUT2D eigenvalue weighted by atomic mass is 16.6. The third-order valence-corrected chi connectivity index (χ3v) is 7.34. The molecule has 0 aliphatic heterocycles. The molecular weight excluding hydrogens is 480 g/mol. The van der Waals surface area contributed by atoms with Crippen molar-refractivity contribution in [1.29, 1.82) is 0 Å². The van der Waals surface area contributed by atoms with Crippen molar-refractivity contribution < 1.29 is 14.3 Å². The van der Waals surface area contributed by atoms with E-state index in [4.69, 9.17) is 16.5 Å². The predicted molar refractivity (Wildman–Crippen MR) is 145 cm³/mol. The molecule has 0 radical (unpaired) electrons. The summed E-state index contributed by atoms with van der Waals surface area (Å²) in [6.45, 7) is 0. The summed E-state index contributed by atoms with van der Waals surface area (Å²) in [6, 6.07) is 20.5. The number of anilines is 1. The summed E-state index contributed by atoms with van der Waals surface area (Å²) < 4.78 is 6.74. The van der Waals surface area contributed by atoms with Crippen molar-refractivity contribution in [2.45, 2.75) is 31.7 Å². The first-order chi connectivity index (χ1) is 18.5. The number of hydrogen-bond acceptors (Lipinski definition) is 7. The Bertz CT molecular complexity index is 1670. The van der Waals surface area contributed by atoms with Gasteiger partial charge in [0.25, 0.3) is 0 Å². The molecule has 0 atom stereocenters. The summed E-state index contributed by atoms with van der Waals surface area (Å²) in [5, 5.41) is 1.84. The topological polar surface area (TPSA) is 139 Å². The van der Waals surface area contributed by atoms with Crippen LogP contribution in [0.1, 0.15) is 31.7 Å². The Kier molecular flexibility index (Phi) is 5.95. The Balaban J connectivity index is 1.37. The van der Waals surface area contributed by atoms with Gasteiger partial charge in [0.15, 0.2) is 0 Å². The second-order valence-electron chi connectivity index (χ2n) is 9.62. The van der Waals surface area contributed by atoms with Crippen molar-refractivity contribution >= 4 is 39.8 Å². The first-order valence-electron chi connectivity index (χ1n) is 12.6. The van der Waals surface area contributed by atoms with Gasteiger partial charge in [-0.25, -0.2) is 19.7 Å². The lowest BCUT2D eigenvalue weighted by atomic mass is 9.86. The summed E-state index contributed by atoms with van der Waals surface area (Å²) in [5.41, 5.74) is 16.9. The molecule has 0 unspecified atom stereocenters. The molecule has 3 aromatic heterocycles. The van der Waals surface area contributed by atoms with E-state index in [0.717, 1.165) is 57.2 Å². The molecule has 2 aromatic carbocycles. The number of amides is 1. The lowest BCUT2D eigenvalue weighted by Gasteiger charge is -2.28. The number of pyridine rings is 1. The van der Waals surface area contributed by atoms with E-state index in [9.17, 15) is 9.59 Å². The number of nitrogens with two attached hydrogens (primary N) is 2. The van der Waals surface area contributed by atoms with Gasteiger partial charge < -0.3 is 20.8 Å². The minimum Gasteiger partial charge on any atom is -0.383 e. The number of hydrogen-bond donors (Lipinski definition) is 2. The second kappa shape index (κ2) is 9.59. The fraction of sp³-hybridized carbons (Fsp3) is 0.207. The average Bonchev–Trinajstić information content (AvgIpc) is 3.34. The fourth-order valence-electron chi connectivity index (χ4n) is 5.43. The van der Waals surface area contributed by atoms with Gasteiger partial charge in [0.1, 0.15) is 17.8 Å². The Labute approximate surface area is 218 Å². The van der Waals surface area contributed by atoms with E-state index in [1.165, 1.54) is 6.33 Å². The third-order valence-electron chi connectivity index (χ3n) is 7.34. The normalized spacial score (nSPS) is 17.5. The molecule has 1 aliphatic carbocycles. The number of nitrogens with zero attached hydrogens (tertiary/aromatic N) is 4. The number of esters is 1. The van der Waals surface area contributed by atoms with Gasteiger partial charge in [-0.3, -0.25) is 4.79 Å². The standard InChI is InChI=1S/C29H26N6O3/c30-26-25-22(20-7-6-18-10-13-23(34-24(18)14-20)17-4-2-1-3-5-17)15-35(27(25)33-16-32-26)21-11-8-19(9-12-21)28(36)38-29(31)37/h1-7,10,13-16,19,21H,8-9,11-12H2,(H2,31,37)(H2,30,32,33). The van der Waals surface area contributed by atoms with Gasteiger partial charge >= 0.3 is 12.1 Å². The molecule has 0 saturated heterocycles. The quantitative estimate of drug-likeness (QED) is 0.251. The molecule has 38 heavy (non-hydrogen) atoms. The Morgan fingerprint density at radius 3 is 2.45 bits per heavy atom. The highest BCUT2D eigenvalue weighted by Gasteiger charge is 2.30. The number of fused-ring (bicyclic) bond motifs is 2. The maximum absolute atomic E-state index is 12.1. The molecule has 9 heteroatoms. The summed E-state index contributed by atoms with van der Waals surface area (Å²) in [5.74, 6) is -0.488. The number of benzene rings is 2. The van der Waals surface area contributed by atoms with E-state index >= 15 is 0 Å². The first-order valence-corrected chi connectivity index (χ1v) is 12.6. The molecule has 4 N–H and O–H groups in total. The molecule has 0 bridgehead atoms. The molecule has 1 aliphatic rings. The maximum Gasteiger partial charge on any atom is 0.412 e. The van der Waals surface area contributed by atoms with Crippen LogP contribution in [-0.4, -0.2) is 31.6 Å². The molecular formula is C29H26N6O3. The Morgan fingerprint density at radius 2 is 1.68 bits per heavy atom. The van der Waals surface area contributed by atoms with E-state index in [1.807, 2.05) is 36.4 Å². The molecule has 0 spiro atoms. The van der Waals surface area contributed by atoms with Crippen LogP contribution in [0.2, 0.25) is 0 Å². The van der Waals surface area contributed by atoms with Crippen LogP contribution in [0.15, 0.2) is 73.2 Å². The molecule has 6 rings (SSSR count). The summed E-state index contributed by atoms with van der Waals surface area (Å²) in [7, 11) is 0. The van der Waals surface area contributed by atoms with E-state index in [0.29, 0.717) is 18.7 Å². The average molecular weight is 507 g/mol. The predicted octanol–water partition coefficient (Wildman–Crippen LogP) is 5.25. The van der Waals surface area contributed by atoms with E-state index in [-0.39, 0.29) is 12.0 Å². The van der Waals surface area contributed by atoms with Crippen LogP contribution < -0.4 is 11.5 Å². The van der Waals surface area contributed by atoms with Crippen molar-refractivity contribution in [3.63, 3.8) is 0 Å². The monoisotopic (exact) mass is 506 g/mol. The highest BCUT2D eigenvalue weighted by molar-refractivity contribution is 6.02. The van der Waals surface area contributed by atoms with Crippen LogP contribution in [0.3, 0.4) is 0 Å². The SMILES string of the molecule is NC(=O)OC(=O)C1CCC(n2cc(-c3ccc4ccc(-c5ccccc5)nc4c3)c3c(N)ncnc32)CC1. The molecule has 190 valence electrons. The zero-order valence-electron chi connectivity index (χ0n) is 20.6. The van der Waals surface area contributed by atoms with E-state index in [1.54, 1.807) is 0 Å². The number of primary amides is 1. The minimum atomic E-state index is -1.06. The third kappa shape index (κ3) is 4.32. The van der Waals surface area contributed by atoms with Crippen LogP contribution in [0.25, 0.3) is 44.3 Å². The van der Waals surface area contributed by atoms with Crippen LogP contribution in [0.5, 0.6) is 0 Å². The number of ether oxygens (including phenoxy) is 1. The van der Waals surface area contributed by atoms with Gasteiger partial charge in [0.05, 0.1) is 22.5 Å². The fourth-order valence-corrected chi connectivity index (χ4v) is 5.43. The van der Waals surface area contributed by atoms with Crippen LogP contribution in [0, 0.1) is 5.92 Å². The molecule has 1 amide bonds. The van der Waals surface area contributed by atoms with Gasteiger partial charge in [-0.15, -0.1) is 0 Å². The van der Waals surface area contributed by atoms with Crippen molar-refractivity contribution in [2.75, 3.05) is 5.73 Å². The number of aromatic nitrogens is 4. The van der Waals surface area contributed by atoms with E-state index < -0.39 is 12.1 Å². The molecule has 9 nitrogen and oxygen atoms in total. The summed E-state index contributed by atoms with van der Waals surface area (Å²) >= 11 is 0. The van der Waals surface area contributed by atoms with Gasteiger partial charge in [0, 0.05) is 28.8 Å². The smallest absolute Gasteiger partial charge is 0.383 e. The first kappa shape index (κ1) is 23.6. The van der Waals surface area contributed by atoms with Gasteiger partial charge in [-0.05, 0) is 43.4 Å². The lowest BCUT2D eigenvalue weighted by molar-refractivity contribution is -0.143. The molecule has 5 aromatic rings. The number of carbonyl (C=O) groups is 2. The van der Waals surface area contributed by atoms with E-state index in [2.05, 4.69) is 49.7 Å². The summed E-state index contributed by atoms with van der Waals surface area (Å²) in [6.07, 6.45) is 5.12. The van der Waals surface area contributed by atoms with Crippen molar-refractivity contribution in [3.05, 3.63) is 73.2 Å². The van der Waals surface area contributed by atoms with Crippen molar-refractivity contribution in [3.8, 4) is 22.4 Å². The Hall–Kier alpha value is -4.79. The van der Waals surface area contributed by atoms with Gasteiger partial charge in [-0.2, -0.15) is 0 Å². The van der Waals surface area contributed by atoms with Crippen molar-refractivity contribution in [2.24, 2.45) is 11.7 Å². The van der Waals surface area contributed by atoms with Gasteiger partial charge in [-0.1, -0.05) is 48.5 Å². The minimum absolute atomic E-state index is 0.112. The zero-order chi connectivity index (χ0) is 26.2. The molecule has 1 saturated carbocycles. The van der Waals surface area contributed by atoms with Crippen molar-refractivity contribution in [1.82, 2.24) is 19.5 Å². The van der Waals surface area contributed by atoms with Crippen LogP contribution in [0.4, 0.5) is 10.6 Å². The second-order valence-corrected chi connectivity index (χ2v) is 9.62. The zero-order valence-corrected chi connectivity index (χ0v) is 20.6. The van der Waals surface area contributed by atoms with Crippen LogP contribution >= 0.6 is 0 Å². The maximum atomic E-state index is 12.1. The van der Waals surface area contributed by atoms with Crippen LogP contribution in [-0.2, 0) is 9.53 Å². The lowest BCUT2D eigenvalue weighted by Crippen LogP contribution is -2.28. The summed E-state index contributed by atoms with van der Waals surface area (Å²) in [4.78, 5) is 36.9. The Morgan fingerprint density at radius 1 is 0.921 bits per heavy atom. The number of nitrogen functional groups attached to an aromatic ring is 1. The number of carbonyl (C=O) groups excluding carboxylic acids is 2. The van der Waals surface area contributed by atoms with Gasteiger partial charge in [0.2, 0.25) is 0 Å².